The van der Waals surface area contributed by atoms with Crippen LogP contribution in [0.25, 0.3) is 0 Å². The molecule has 1 aromatic rings. The molecule has 1 fully saturated rings. The lowest BCUT2D eigenvalue weighted by atomic mass is 9.77. The van der Waals surface area contributed by atoms with E-state index >= 15 is 0 Å². The summed E-state index contributed by atoms with van der Waals surface area (Å²) in [7, 11) is 1.30. The summed E-state index contributed by atoms with van der Waals surface area (Å²) in [4.78, 5) is 24.8. The molecule has 4 rings (SSSR count). The first-order chi connectivity index (χ1) is 11.0. The van der Waals surface area contributed by atoms with Gasteiger partial charge >= 0.3 is 12.1 Å². The summed E-state index contributed by atoms with van der Waals surface area (Å²) in [6.07, 6.45) is 3.78. The van der Waals surface area contributed by atoms with E-state index in [0.29, 0.717) is 13.0 Å². The molecule has 3 aliphatic rings. The van der Waals surface area contributed by atoms with E-state index in [2.05, 4.69) is 0 Å². The lowest BCUT2D eigenvalue weighted by Crippen LogP contribution is -2.63. The van der Waals surface area contributed by atoms with E-state index in [1.54, 1.807) is 6.08 Å². The largest absolute Gasteiger partial charge is 0.468 e. The minimum absolute atomic E-state index is 0.0286. The molecular formula is C17H18ClNO4. The summed E-state index contributed by atoms with van der Waals surface area (Å²) in [6, 6.07) is 8.89. The standard InChI is InChI=1S/C17H18ClNO4/c1-22-15(20)17(18)9-13-7-8-14(17)19(10-13)16(21)23-11-12-5-3-2-4-6-12/h2-8,13-14H,9-11H2,1H3/t13-,14+,17+/m0/s1. The Morgan fingerprint density at radius 1 is 1.30 bits per heavy atom. The van der Waals surface area contributed by atoms with Gasteiger partial charge in [-0.3, -0.25) is 9.69 Å². The SMILES string of the molecule is COC(=O)[C@@]1(Cl)C[C@@H]2C=C[C@H]1N(C(=O)OCc1ccccc1)C2. The molecule has 0 saturated carbocycles. The van der Waals surface area contributed by atoms with Gasteiger partial charge in [-0.2, -0.15) is 0 Å². The molecule has 1 aliphatic carbocycles. The highest BCUT2D eigenvalue weighted by molar-refractivity contribution is 6.35. The van der Waals surface area contributed by atoms with Gasteiger partial charge in [-0.05, 0) is 17.9 Å². The zero-order valence-corrected chi connectivity index (χ0v) is 13.5. The highest BCUT2D eigenvalue weighted by Crippen LogP contribution is 2.42. The van der Waals surface area contributed by atoms with Crippen molar-refractivity contribution in [3.8, 4) is 0 Å². The zero-order chi connectivity index (χ0) is 16.4. The van der Waals surface area contributed by atoms with Gasteiger partial charge in [-0.25, -0.2) is 4.79 Å². The van der Waals surface area contributed by atoms with Crippen molar-refractivity contribution in [3.63, 3.8) is 0 Å². The fraction of sp³-hybridized carbons (Fsp3) is 0.412. The van der Waals surface area contributed by atoms with E-state index in [1.165, 1.54) is 12.0 Å². The number of carbonyl (C=O) groups excluding carboxylic acids is 2. The van der Waals surface area contributed by atoms with Crippen LogP contribution < -0.4 is 0 Å². The van der Waals surface area contributed by atoms with Gasteiger partial charge in [0.25, 0.3) is 0 Å². The molecule has 5 nitrogen and oxygen atoms in total. The molecule has 2 heterocycles. The summed E-state index contributed by atoms with van der Waals surface area (Å²) < 4.78 is 10.2. The van der Waals surface area contributed by atoms with Gasteiger partial charge in [0.1, 0.15) is 6.61 Å². The normalized spacial score (nSPS) is 28.5. The van der Waals surface area contributed by atoms with E-state index in [4.69, 9.17) is 21.1 Å². The number of esters is 1. The maximum absolute atomic E-state index is 12.4. The Balaban J connectivity index is 1.71. The molecule has 6 heteroatoms. The number of methoxy groups -OCH3 is 1. The van der Waals surface area contributed by atoms with Crippen molar-refractivity contribution < 1.29 is 19.1 Å². The van der Waals surface area contributed by atoms with Crippen LogP contribution in [0.1, 0.15) is 12.0 Å². The molecule has 3 atom stereocenters. The van der Waals surface area contributed by atoms with Gasteiger partial charge < -0.3 is 9.47 Å². The summed E-state index contributed by atoms with van der Waals surface area (Å²) in [5, 5.41) is 0. The number of piperidine rings is 1. The second-order valence-electron chi connectivity index (χ2n) is 5.84. The number of ether oxygens (including phenoxy) is 2. The van der Waals surface area contributed by atoms with Crippen molar-refractivity contribution >= 4 is 23.7 Å². The van der Waals surface area contributed by atoms with Crippen LogP contribution in [0.4, 0.5) is 4.79 Å². The Morgan fingerprint density at radius 3 is 2.70 bits per heavy atom. The maximum atomic E-state index is 12.4. The van der Waals surface area contributed by atoms with Crippen molar-refractivity contribution in [1.29, 1.82) is 0 Å². The Labute approximate surface area is 139 Å². The first-order valence-corrected chi connectivity index (χ1v) is 7.85. The molecule has 2 aliphatic heterocycles. The number of rotatable bonds is 3. The van der Waals surface area contributed by atoms with Crippen LogP contribution in [0.5, 0.6) is 0 Å². The average Bonchev–Trinajstić information content (AvgIpc) is 2.60. The lowest BCUT2D eigenvalue weighted by molar-refractivity contribution is -0.147. The molecule has 0 radical (unpaired) electrons. The number of nitrogens with zero attached hydrogens (tertiary/aromatic N) is 1. The van der Waals surface area contributed by atoms with E-state index in [-0.39, 0.29) is 12.5 Å². The first kappa shape index (κ1) is 15.9. The summed E-state index contributed by atoms with van der Waals surface area (Å²) in [5.74, 6) is -0.486. The highest BCUT2D eigenvalue weighted by atomic mass is 35.5. The molecule has 23 heavy (non-hydrogen) atoms. The Kier molecular flexibility index (Phi) is 4.31. The van der Waals surface area contributed by atoms with Crippen molar-refractivity contribution in [2.75, 3.05) is 13.7 Å². The predicted octanol–water partition coefficient (Wildman–Crippen LogP) is 2.73. The number of halogens is 1. The number of benzene rings is 1. The topological polar surface area (TPSA) is 55.8 Å². The van der Waals surface area contributed by atoms with Crippen LogP contribution >= 0.6 is 11.6 Å². The van der Waals surface area contributed by atoms with Crippen molar-refractivity contribution in [2.24, 2.45) is 5.92 Å². The summed E-state index contributed by atoms with van der Waals surface area (Å²) in [6.45, 7) is 0.686. The molecule has 0 aromatic heterocycles. The molecule has 0 N–H and O–H groups in total. The van der Waals surface area contributed by atoms with Crippen molar-refractivity contribution in [2.45, 2.75) is 23.9 Å². The molecule has 0 unspecified atom stereocenters. The minimum atomic E-state index is -1.24. The van der Waals surface area contributed by atoms with Gasteiger partial charge in [0.15, 0.2) is 4.87 Å². The van der Waals surface area contributed by atoms with Crippen LogP contribution in [-0.2, 0) is 20.9 Å². The van der Waals surface area contributed by atoms with Crippen LogP contribution in [-0.4, -0.2) is 41.5 Å². The Bertz CT molecular complexity index is 633. The second kappa shape index (κ2) is 6.24. The quantitative estimate of drug-likeness (QED) is 0.484. The fourth-order valence-corrected chi connectivity index (χ4v) is 3.66. The molecule has 1 saturated heterocycles. The third-order valence-electron chi connectivity index (χ3n) is 4.32. The molecule has 122 valence electrons. The van der Waals surface area contributed by atoms with Crippen LogP contribution in [0, 0.1) is 5.92 Å². The molecule has 1 aromatic carbocycles. The zero-order valence-electron chi connectivity index (χ0n) is 12.8. The van der Waals surface area contributed by atoms with Crippen LogP contribution in [0.2, 0.25) is 0 Å². The Morgan fingerprint density at radius 2 is 2.04 bits per heavy atom. The second-order valence-corrected chi connectivity index (χ2v) is 6.51. The highest BCUT2D eigenvalue weighted by Gasteiger charge is 2.55. The minimum Gasteiger partial charge on any atom is -0.468 e. The molecule has 0 spiro atoms. The number of fused-ring (bicyclic) bond motifs is 2. The third-order valence-corrected chi connectivity index (χ3v) is 4.86. The lowest BCUT2D eigenvalue weighted by Gasteiger charge is -2.48. The number of alkyl halides is 1. The monoisotopic (exact) mass is 335 g/mol. The number of hydrogen-bond acceptors (Lipinski definition) is 4. The smallest absolute Gasteiger partial charge is 0.410 e. The predicted molar refractivity (Wildman–Crippen MR) is 85.0 cm³/mol. The maximum Gasteiger partial charge on any atom is 0.410 e. The number of hydrogen-bond donors (Lipinski definition) is 0. The van der Waals surface area contributed by atoms with Crippen molar-refractivity contribution in [1.82, 2.24) is 4.90 Å². The number of amides is 1. The van der Waals surface area contributed by atoms with Crippen molar-refractivity contribution in [3.05, 3.63) is 48.0 Å². The summed E-state index contributed by atoms with van der Waals surface area (Å²) >= 11 is 6.50. The average molecular weight is 336 g/mol. The first-order valence-electron chi connectivity index (χ1n) is 7.47. The van der Waals surface area contributed by atoms with Gasteiger partial charge in [0.05, 0.1) is 13.2 Å². The molecule has 1 amide bonds. The van der Waals surface area contributed by atoms with E-state index in [9.17, 15) is 9.59 Å². The van der Waals surface area contributed by atoms with Gasteiger partial charge in [-0.15, -0.1) is 11.6 Å². The number of carbonyl (C=O) groups is 2. The van der Waals surface area contributed by atoms with Gasteiger partial charge in [0.2, 0.25) is 0 Å². The van der Waals surface area contributed by atoms with Gasteiger partial charge in [-0.1, -0.05) is 42.5 Å². The van der Waals surface area contributed by atoms with E-state index in [1.807, 2.05) is 36.4 Å². The third kappa shape index (κ3) is 2.93. The van der Waals surface area contributed by atoms with E-state index in [0.717, 1.165) is 5.56 Å². The van der Waals surface area contributed by atoms with Crippen LogP contribution in [0.3, 0.4) is 0 Å². The Hall–Kier alpha value is -2.01. The molecular weight excluding hydrogens is 318 g/mol. The van der Waals surface area contributed by atoms with Crippen LogP contribution in [0.15, 0.2) is 42.5 Å². The van der Waals surface area contributed by atoms with E-state index < -0.39 is 23.0 Å². The molecule has 2 bridgehead atoms. The summed E-state index contributed by atoms with van der Waals surface area (Å²) in [5.41, 5.74) is 0.906. The van der Waals surface area contributed by atoms with Gasteiger partial charge in [0, 0.05) is 6.54 Å². The fourth-order valence-electron chi connectivity index (χ4n) is 3.19.